The fourth-order valence-corrected chi connectivity index (χ4v) is 1.26. The van der Waals surface area contributed by atoms with Gasteiger partial charge in [0.15, 0.2) is 5.82 Å². The maximum absolute atomic E-state index is 5.81. The highest BCUT2D eigenvalue weighted by Crippen LogP contribution is 2.02. The summed E-state index contributed by atoms with van der Waals surface area (Å²) in [5.41, 5.74) is 0. The van der Waals surface area contributed by atoms with Gasteiger partial charge in [-0.1, -0.05) is 0 Å². The molecule has 1 unspecified atom stereocenters. The van der Waals surface area contributed by atoms with E-state index in [1.165, 1.54) is 4.80 Å². The van der Waals surface area contributed by atoms with Crippen LogP contribution in [0.1, 0.15) is 25.6 Å². The first-order valence-electron chi connectivity index (χ1n) is 4.76. The van der Waals surface area contributed by atoms with Crippen molar-refractivity contribution >= 4 is 11.6 Å². The lowest BCUT2D eigenvalue weighted by Gasteiger charge is -2.02. The van der Waals surface area contributed by atoms with Crippen LogP contribution < -0.4 is 5.32 Å². The molecule has 0 aromatic carbocycles. The molecular formula is C8H16ClN5. The average Bonchev–Trinajstić information content (AvgIpc) is 2.50. The second-order valence-corrected chi connectivity index (χ2v) is 4.04. The van der Waals surface area contributed by atoms with Gasteiger partial charge in [-0.05, 0) is 31.5 Å². The molecule has 0 aliphatic rings. The SMILES string of the molecule is CC(Cl)CCCNCc1nnn(C)n1. The molecule has 1 atom stereocenters. The fourth-order valence-electron chi connectivity index (χ4n) is 1.10. The summed E-state index contributed by atoms with van der Waals surface area (Å²) >= 11 is 5.81. The third kappa shape index (κ3) is 4.53. The monoisotopic (exact) mass is 217 g/mol. The number of aromatic nitrogens is 4. The Morgan fingerprint density at radius 3 is 2.93 bits per heavy atom. The largest absolute Gasteiger partial charge is 0.310 e. The van der Waals surface area contributed by atoms with Gasteiger partial charge in [-0.15, -0.1) is 21.8 Å². The molecule has 1 heterocycles. The van der Waals surface area contributed by atoms with Gasteiger partial charge in [0.05, 0.1) is 13.6 Å². The number of rotatable bonds is 6. The van der Waals surface area contributed by atoms with Crippen LogP contribution in [0.5, 0.6) is 0 Å². The zero-order valence-corrected chi connectivity index (χ0v) is 9.33. The fraction of sp³-hybridized carbons (Fsp3) is 0.875. The smallest absolute Gasteiger partial charge is 0.188 e. The Bertz CT molecular complexity index is 260. The Labute approximate surface area is 88.8 Å². The Kier molecular flexibility index (Phi) is 4.82. The van der Waals surface area contributed by atoms with Gasteiger partial charge < -0.3 is 5.32 Å². The zero-order chi connectivity index (χ0) is 10.4. The molecule has 0 amide bonds. The Balaban J connectivity index is 2.04. The van der Waals surface area contributed by atoms with E-state index >= 15 is 0 Å². The molecule has 0 saturated heterocycles. The standard InChI is InChI=1S/C8H16ClN5/c1-7(9)4-3-5-10-6-8-11-13-14(2)12-8/h7,10H,3-6H2,1-2H3. The van der Waals surface area contributed by atoms with E-state index in [1.54, 1.807) is 7.05 Å². The molecule has 14 heavy (non-hydrogen) atoms. The van der Waals surface area contributed by atoms with E-state index in [2.05, 4.69) is 20.7 Å². The lowest BCUT2D eigenvalue weighted by molar-refractivity contribution is 0.597. The number of nitrogens with one attached hydrogen (secondary N) is 1. The van der Waals surface area contributed by atoms with Gasteiger partial charge in [-0.2, -0.15) is 4.80 Å². The molecule has 80 valence electrons. The number of nitrogens with zero attached hydrogens (tertiary/aromatic N) is 4. The summed E-state index contributed by atoms with van der Waals surface area (Å²) in [5, 5.41) is 15.1. The number of hydrogen-bond donors (Lipinski definition) is 1. The molecule has 0 aliphatic heterocycles. The van der Waals surface area contributed by atoms with Crippen LogP contribution in [0.3, 0.4) is 0 Å². The summed E-state index contributed by atoms with van der Waals surface area (Å²) in [6.45, 7) is 3.62. The molecular weight excluding hydrogens is 202 g/mol. The highest BCUT2D eigenvalue weighted by atomic mass is 35.5. The Morgan fingerprint density at radius 1 is 1.57 bits per heavy atom. The van der Waals surface area contributed by atoms with Gasteiger partial charge >= 0.3 is 0 Å². The van der Waals surface area contributed by atoms with Crippen LogP contribution in [0.15, 0.2) is 0 Å². The summed E-state index contributed by atoms with van der Waals surface area (Å²) in [7, 11) is 1.76. The van der Waals surface area contributed by atoms with E-state index in [1.807, 2.05) is 6.92 Å². The van der Waals surface area contributed by atoms with Crippen LogP contribution in [0.25, 0.3) is 0 Å². The second kappa shape index (κ2) is 5.93. The quantitative estimate of drug-likeness (QED) is 0.563. The normalized spacial score (nSPS) is 13.1. The second-order valence-electron chi connectivity index (χ2n) is 3.29. The van der Waals surface area contributed by atoms with E-state index in [0.717, 1.165) is 25.2 Å². The molecule has 1 N–H and O–H groups in total. The number of halogens is 1. The number of alkyl halides is 1. The molecule has 6 heteroatoms. The molecule has 0 aliphatic carbocycles. The summed E-state index contributed by atoms with van der Waals surface area (Å²) in [6, 6.07) is 0. The summed E-state index contributed by atoms with van der Waals surface area (Å²) in [4.78, 5) is 1.46. The number of aryl methyl sites for hydroxylation is 1. The highest BCUT2D eigenvalue weighted by molar-refractivity contribution is 6.20. The molecule has 1 aromatic heterocycles. The molecule has 0 fully saturated rings. The van der Waals surface area contributed by atoms with Crippen molar-refractivity contribution in [3.63, 3.8) is 0 Å². The van der Waals surface area contributed by atoms with Gasteiger partial charge in [0.1, 0.15) is 0 Å². The first-order chi connectivity index (χ1) is 6.68. The predicted octanol–water partition coefficient (Wildman–Crippen LogP) is 0.707. The maximum Gasteiger partial charge on any atom is 0.188 e. The first-order valence-corrected chi connectivity index (χ1v) is 5.20. The predicted molar refractivity (Wildman–Crippen MR) is 55.1 cm³/mol. The van der Waals surface area contributed by atoms with Crippen molar-refractivity contribution in [2.75, 3.05) is 6.54 Å². The Hall–Kier alpha value is -0.680. The third-order valence-corrected chi connectivity index (χ3v) is 2.01. The zero-order valence-electron chi connectivity index (χ0n) is 8.57. The van der Waals surface area contributed by atoms with Crippen molar-refractivity contribution in [1.29, 1.82) is 0 Å². The summed E-state index contributed by atoms with van der Waals surface area (Å²) < 4.78 is 0. The van der Waals surface area contributed by atoms with Gasteiger partial charge in [-0.25, -0.2) is 0 Å². The summed E-state index contributed by atoms with van der Waals surface area (Å²) in [5.74, 6) is 0.728. The van der Waals surface area contributed by atoms with Crippen LogP contribution in [0, 0.1) is 0 Å². The molecule has 0 bridgehead atoms. The lowest BCUT2D eigenvalue weighted by Crippen LogP contribution is -2.16. The molecule has 0 saturated carbocycles. The third-order valence-electron chi connectivity index (χ3n) is 1.79. The van der Waals surface area contributed by atoms with Crippen LogP contribution in [0.4, 0.5) is 0 Å². The maximum atomic E-state index is 5.81. The van der Waals surface area contributed by atoms with Crippen molar-refractivity contribution in [3.05, 3.63) is 5.82 Å². The molecule has 5 nitrogen and oxygen atoms in total. The number of hydrogen-bond acceptors (Lipinski definition) is 4. The number of tetrazole rings is 1. The van der Waals surface area contributed by atoms with Crippen molar-refractivity contribution < 1.29 is 0 Å². The van der Waals surface area contributed by atoms with Gasteiger partial charge in [-0.3, -0.25) is 0 Å². The van der Waals surface area contributed by atoms with Crippen molar-refractivity contribution in [2.45, 2.75) is 31.7 Å². The average molecular weight is 218 g/mol. The Morgan fingerprint density at radius 2 is 2.36 bits per heavy atom. The first kappa shape index (κ1) is 11.4. The topological polar surface area (TPSA) is 55.6 Å². The van der Waals surface area contributed by atoms with Crippen LogP contribution in [-0.2, 0) is 13.6 Å². The van der Waals surface area contributed by atoms with E-state index in [0.29, 0.717) is 6.54 Å². The minimum atomic E-state index is 0.256. The van der Waals surface area contributed by atoms with E-state index in [-0.39, 0.29) is 5.38 Å². The minimum Gasteiger partial charge on any atom is -0.310 e. The van der Waals surface area contributed by atoms with Gasteiger partial charge in [0, 0.05) is 5.38 Å². The molecule has 0 radical (unpaired) electrons. The van der Waals surface area contributed by atoms with E-state index < -0.39 is 0 Å². The minimum absolute atomic E-state index is 0.256. The van der Waals surface area contributed by atoms with Crippen molar-refractivity contribution in [3.8, 4) is 0 Å². The van der Waals surface area contributed by atoms with Crippen molar-refractivity contribution in [2.24, 2.45) is 7.05 Å². The van der Waals surface area contributed by atoms with E-state index in [9.17, 15) is 0 Å². The summed E-state index contributed by atoms with van der Waals surface area (Å²) in [6.07, 6.45) is 2.10. The van der Waals surface area contributed by atoms with Crippen LogP contribution in [0.2, 0.25) is 0 Å². The molecule has 1 rings (SSSR count). The molecule has 0 spiro atoms. The van der Waals surface area contributed by atoms with Crippen LogP contribution >= 0.6 is 11.6 Å². The van der Waals surface area contributed by atoms with Crippen LogP contribution in [-0.4, -0.2) is 32.1 Å². The highest BCUT2D eigenvalue weighted by Gasteiger charge is 1.99. The van der Waals surface area contributed by atoms with Crippen molar-refractivity contribution in [1.82, 2.24) is 25.5 Å². The van der Waals surface area contributed by atoms with E-state index in [4.69, 9.17) is 11.6 Å². The lowest BCUT2D eigenvalue weighted by atomic mass is 10.2. The van der Waals surface area contributed by atoms with Gasteiger partial charge in [0.25, 0.3) is 0 Å². The molecule has 1 aromatic rings. The van der Waals surface area contributed by atoms with Gasteiger partial charge in [0.2, 0.25) is 0 Å².